The van der Waals surface area contributed by atoms with Gasteiger partial charge in [0, 0.05) is 20.9 Å². The maximum Gasteiger partial charge on any atom is 0.416 e. The van der Waals surface area contributed by atoms with Crippen molar-refractivity contribution in [3.05, 3.63) is 155 Å². The van der Waals surface area contributed by atoms with Gasteiger partial charge in [0.1, 0.15) is 11.5 Å². The summed E-state index contributed by atoms with van der Waals surface area (Å²) in [5.74, 6) is 0.433. The number of benzene rings is 4. The Bertz CT molecular complexity index is 2480. The fourth-order valence-corrected chi connectivity index (χ4v) is 9.79. The topological polar surface area (TPSA) is 96.8 Å². The highest BCUT2D eigenvalue weighted by molar-refractivity contribution is 7.99. The van der Waals surface area contributed by atoms with Gasteiger partial charge < -0.3 is 18.9 Å². The molecule has 2 heterocycles. The van der Waals surface area contributed by atoms with Crippen LogP contribution in [0.5, 0.6) is 11.5 Å². The molecule has 0 spiro atoms. The van der Waals surface area contributed by atoms with Crippen LogP contribution in [-0.2, 0) is 31.4 Å². The number of halogens is 6. The van der Waals surface area contributed by atoms with Crippen LogP contribution in [0.25, 0.3) is 22.5 Å². The molecule has 72 heavy (non-hydrogen) atoms. The lowest BCUT2D eigenvalue weighted by Gasteiger charge is -2.18. The van der Waals surface area contributed by atoms with Crippen LogP contribution in [0, 0.1) is 13.8 Å². The monoisotopic (exact) mass is 1030 g/mol. The number of aromatic nitrogens is 2. The second-order valence-corrected chi connectivity index (χ2v) is 19.1. The molecule has 16 heteroatoms. The second-order valence-electron chi connectivity index (χ2n) is 16.6. The molecule has 0 unspecified atom stereocenters. The van der Waals surface area contributed by atoms with Crippen LogP contribution in [0.2, 0.25) is 0 Å². The van der Waals surface area contributed by atoms with E-state index in [0.717, 1.165) is 95.1 Å². The highest BCUT2D eigenvalue weighted by Gasteiger charge is 2.31. The third-order valence-corrected chi connectivity index (χ3v) is 13.6. The van der Waals surface area contributed by atoms with E-state index in [4.69, 9.17) is 28.9 Å². The molecule has 0 aliphatic rings. The number of hydrogen-bond donors (Lipinski definition) is 0. The predicted molar refractivity (Wildman–Crippen MR) is 272 cm³/mol. The van der Waals surface area contributed by atoms with Crippen LogP contribution in [0.15, 0.2) is 131 Å². The SMILES string of the molecule is CCCC[C@@H](Sc1ccc(OCC(=O)OCC)c(C)c1)c1cccc(-c2ccc(C(F)(F)F)cc2)n1.CCCC[C@H](Sc1ccc(OCC(=O)OCC)c(C)c1)c1cccc(-c2ccc(C(F)(F)F)cc2)n1. The van der Waals surface area contributed by atoms with Gasteiger partial charge in [0.2, 0.25) is 0 Å². The number of esters is 2. The minimum atomic E-state index is -4.37. The van der Waals surface area contributed by atoms with Crippen molar-refractivity contribution in [2.75, 3.05) is 26.4 Å². The van der Waals surface area contributed by atoms with Crippen molar-refractivity contribution in [3.63, 3.8) is 0 Å². The highest BCUT2D eigenvalue weighted by atomic mass is 32.2. The number of thioether (sulfide) groups is 2. The predicted octanol–water partition coefficient (Wildman–Crippen LogP) is 16.1. The Hall–Kier alpha value is -6.00. The largest absolute Gasteiger partial charge is 0.482 e. The van der Waals surface area contributed by atoms with Crippen LogP contribution in [0.1, 0.15) is 110 Å². The lowest BCUT2D eigenvalue weighted by molar-refractivity contribution is -0.146. The summed E-state index contributed by atoms with van der Waals surface area (Å²) < 4.78 is 98.6. The first-order chi connectivity index (χ1) is 34.4. The highest BCUT2D eigenvalue weighted by Crippen LogP contribution is 2.42. The maximum atomic E-state index is 12.9. The Balaban J connectivity index is 0.000000267. The molecule has 0 radical (unpaired) electrons. The Morgan fingerprint density at radius 2 is 0.903 bits per heavy atom. The van der Waals surface area contributed by atoms with Gasteiger partial charge in [-0.2, -0.15) is 26.3 Å². The first kappa shape index (κ1) is 56.9. The molecule has 0 saturated carbocycles. The standard InChI is InChI=1S/2C28H30F3NO3S/c2*1-4-6-10-26(36-22-15-16-25(19(3)17-22)35-18-27(33)34-5-2)24-9-7-8-23(32-24)20-11-13-21(14-12-20)28(29,30)31/h2*7-9,11-17,26H,4-6,10,18H2,1-3H3/t2*26-/m10/s1. The minimum absolute atomic E-state index is 0.0741. The summed E-state index contributed by atoms with van der Waals surface area (Å²) in [6.07, 6.45) is -2.81. The first-order valence-electron chi connectivity index (χ1n) is 23.8. The summed E-state index contributed by atoms with van der Waals surface area (Å²) in [5.41, 5.74) is 4.79. The molecular formula is C56H60F6N2O6S2. The summed E-state index contributed by atoms with van der Waals surface area (Å²) in [4.78, 5) is 34.9. The Morgan fingerprint density at radius 3 is 1.22 bits per heavy atom. The fourth-order valence-electron chi connectivity index (χ4n) is 7.28. The van der Waals surface area contributed by atoms with E-state index in [-0.39, 0.29) is 23.7 Å². The Kier molecular flexibility index (Phi) is 21.9. The van der Waals surface area contributed by atoms with Gasteiger partial charge in [-0.3, -0.25) is 9.97 Å². The van der Waals surface area contributed by atoms with Gasteiger partial charge in [0.05, 0.1) is 57.6 Å². The molecular weight excluding hydrogens is 975 g/mol. The van der Waals surface area contributed by atoms with Crippen molar-refractivity contribution >= 4 is 35.5 Å². The summed E-state index contributed by atoms with van der Waals surface area (Å²) in [6, 6.07) is 33.2. The summed E-state index contributed by atoms with van der Waals surface area (Å²) in [6.45, 7) is 12.0. The van der Waals surface area contributed by atoms with Gasteiger partial charge in [0.25, 0.3) is 0 Å². The van der Waals surface area contributed by atoms with Gasteiger partial charge >= 0.3 is 24.3 Å². The molecule has 0 saturated heterocycles. The van der Waals surface area contributed by atoms with Crippen molar-refractivity contribution in [2.45, 2.75) is 113 Å². The number of carbonyl (C=O) groups excluding carboxylic acids is 2. The first-order valence-corrected chi connectivity index (χ1v) is 25.6. The molecule has 0 fully saturated rings. The maximum absolute atomic E-state index is 12.9. The Labute approximate surface area is 426 Å². The van der Waals surface area contributed by atoms with Crippen LogP contribution in [0.3, 0.4) is 0 Å². The molecule has 8 nitrogen and oxygen atoms in total. The molecule has 0 aliphatic carbocycles. The fraction of sp³-hybridized carbons (Fsp3) is 0.357. The number of carbonyl (C=O) groups is 2. The molecule has 0 N–H and O–H groups in total. The molecule has 2 atom stereocenters. The van der Waals surface area contributed by atoms with E-state index >= 15 is 0 Å². The quantitative estimate of drug-likeness (QED) is 0.0371. The number of alkyl halides is 6. The molecule has 4 aromatic carbocycles. The lowest BCUT2D eigenvalue weighted by atomic mass is 10.1. The number of hydrogen-bond acceptors (Lipinski definition) is 10. The van der Waals surface area contributed by atoms with Crippen LogP contribution in [0.4, 0.5) is 26.3 Å². The number of unbranched alkanes of at least 4 members (excludes halogenated alkanes) is 2. The number of ether oxygens (including phenoxy) is 4. The number of rotatable bonds is 22. The smallest absolute Gasteiger partial charge is 0.416 e. The van der Waals surface area contributed by atoms with Gasteiger partial charge in [-0.25, -0.2) is 9.59 Å². The van der Waals surface area contributed by atoms with Crippen LogP contribution < -0.4 is 9.47 Å². The van der Waals surface area contributed by atoms with Crippen molar-refractivity contribution in [1.29, 1.82) is 0 Å². The van der Waals surface area contributed by atoms with E-state index in [1.54, 1.807) is 37.4 Å². The van der Waals surface area contributed by atoms with Crippen LogP contribution >= 0.6 is 23.5 Å². The molecule has 0 bridgehead atoms. The van der Waals surface area contributed by atoms with E-state index in [1.807, 2.05) is 86.6 Å². The van der Waals surface area contributed by atoms with E-state index in [1.165, 1.54) is 24.3 Å². The molecule has 0 amide bonds. The lowest BCUT2D eigenvalue weighted by Crippen LogP contribution is -2.14. The number of pyridine rings is 2. The van der Waals surface area contributed by atoms with E-state index in [0.29, 0.717) is 47.2 Å². The summed E-state index contributed by atoms with van der Waals surface area (Å²) in [5, 5.41) is 0.148. The number of aryl methyl sites for hydroxylation is 2. The average molecular weight is 1040 g/mol. The normalized spacial score (nSPS) is 12.3. The van der Waals surface area contributed by atoms with Crippen molar-refractivity contribution in [1.82, 2.24) is 9.97 Å². The summed E-state index contributed by atoms with van der Waals surface area (Å²) >= 11 is 3.38. The van der Waals surface area contributed by atoms with Crippen molar-refractivity contribution in [2.24, 2.45) is 0 Å². The van der Waals surface area contributed by atoms with Crippen molar-refractivity contribution in [3.8, 4) is 34.0 Å². The third-order valence-electron chi connectivity index (χ3n) is 11.0. The van der Waals surface area contributed by atoms with Crippen molar-refractivity contribution < 1.29 is 54.9 Å². The minimum Gasteiger partial charge on any atom is -0.482 e. The third kappa shape index (κ3) is 17.6. The molecule has 384 valence electrons. The van der Waals surface area contributed by atoms with E-state index < -0.39 is 35.4 Å². The van der Waals surface area contributed by atoms with E-state index in [9.17, 15) is 35.9 Å². The van der Waals surface area contributed by atoms with Gasteiger partial charge in [-0.05, 0) is 137 Å². The van der Waals surface area contributed by atoms with Gasteiger partial charge in [-0.15, -0.1) is 23.5 Å². The van der Waals surface area contributed by atoms with Gasteiger partial charge in [0.15, 0.2) is 13.2 Å². The van der Waals surface area contributed by atoms with Crippen LogP contribution in [-0.4, -0.2) is 48.3 Å². The summed E-state index contributed by atoms with van der Waals surface area (Å²) in [7, 11) is 0. The molecule has 2 aromatic heterocycles. The zero-order valence-electron chi connectivity index (χ0n) is 41.2. The van der Waals surface area contributed by atoms with Gasteiger partial charge in [-0.1, -0.05) is 75.9 Å². The second kappa shape index (κ2) is 27.7. The van der Waals surface area contributed by atoms with E-state index in [2.05, 4.69) is 13.8 Å². The zero-order valence-corrected chi connectivity index (χ0v) is 42.8. The molecule has 6 aromatic rings. The molecule has 0 aliphatic heterocycles. The zero-order chi connectivity index (χ0) is 52.3. The average Bonchev–Trinajstić information content (AvgIpc) is 3.36. The Morgan fingerprint density at radius 1 is 0.528 bits per heavy atom. The number of nitrogens with zero attached hydrogens (tertiary/aromatic N) is 2. The molecule has 6 rings (SSSR count).